The van der Waals surface area contributed by atoms with Gasteiger partial charge in [0.05, 0.1) is 42.2 Å². The number of morpholine rings is 2. The van der Waals surface area contributed by atoms with Crippen molar-refractivity contribution in [1.82, 2.24) is 15.0 Å². The van der Waals surface area contributed by atoms with E-state index in [0.717, 1.165) is 54.2 Å². The van der Waals surface area contributed by atoms with Crippen molar-refractivity contribution in [2.45, 2.75) is 33.0 Å². The Morgan fingerprint density at radius 3 is 2.50 bits per heavy atom. The molecule has 2 saturated heterocycles. The average Bonchev–Trinajstić information content (AvgIpc) is 2.87. The highest BCUT2D eigenvalue weighted by atomic mass is 16.5. The number of ether oxygens (including phenoxy) is 2. The largest absolute Gasteiger partial charge is 0.411 e. The topological polar surface area (TPSA) is 96.2 Å². The molecule has 9 nitrogen and oxygen atoms in total. The number of rotatable bonds is 4. The zero-order chi connectivity index (χ0) is 23.7. The minimum Gasteiger partial charge on any atom is -0.411 e. The zero-order valence-corrected chi connectivity index (χ0v) is 19.8. The monoisotopic (exact) mass is 462 g/mol. The summed E-state index contributed by atoms with van der Waals surface area (Å²) >= 11 is 0. The molecule has 0 radical (unpaired) electrons. The lowest BCUT2D eigenvalue weighted by Gasteiger charge is -2.36. The standard InChI is InChI=1S/C25H30N6O3/c1-16-14-31(15-17(2)34-16)25-27-23-21(24(28-25)30-9-11-33-12-10-30)7-8-22(26-23)20-6-4-5-19(13-20)18(3)29-32/h4-8,13,16-17,32H,9-12,14-15H2,1-3H3/b29-18-/t16-,17+. The third-order valence-electron chi connectivity index (χ3n) is 6.27. The lowest BCUT2D eigenvalue weighted by molar-refractivity contribution is -0.00570. The Labute approximate surface area is 199 Å². The molecular weight excluding hydrogens is 432 g/mol. The van der Waals surface area contributed by atoms with Gasteiger partial charge in [0.15, 0.2) is 5.65 Å². The second kappa shape index (κ2) is 9.52. The molecule has 34 heavy (non-hydrogen) atoms. The van der Waals surface area contributed by atoms with Crippen molar-refractivity contribution >= 4 is 28.5 Å². The zero-order valence-electron chi connectivity index (χ0n) is 19.8. The van der Waals surface area contributed by atoms with Gasteiger partial charge in [-0.3, -0.25) is 0 Å². The van der Waals surface area contributed by atoms with Gasteiger partial charge in [0.1, 0.15) is 5.82 Å². The molecule has 4 heterocycles. The molecule has 0 spiro atoms. The van der Waals surface area contributed by atoms with E-state index in [4.69, 9.17) is 29.6 Å². The quantitative estimate of drug-likeness (QED) is 0.358. The average molecular weight is 463 g/mol. The van der Waals surface area contributed by atoms with E-state index in [1.165, 1.54) is 0 Å². The predicted octanol–water partition coefficient (Wildman–Crippen LogP) is 3.34. The molecule has 5 rings (SSSR count). The minimum absolute atomic E-state index is 0.105. The highest BCUT2D eigenvalue weighted by Gasteiger charge is 2.26. The number of hydrogen-bond acceptors (Lipinski definition) is 9. The van der Waals surface area contributed by atoms with Crippen LogP contribution in [0, 0.1) is 0 Å². The third kappa shape index (κ3) is 4.53. The van der Waals surface area contributed by atoms with Crippen LogP contribution in [-0.4, -0.2) is 77.5 Å². The first-order valence-corrected chi connectivity index (χ1v) is 11.7. The Morgan fingerprint density at radius 1 is 1.00 bits per heavy atom. The molecule has 2 aromatic heterocycles. The number of nitrogens with zero attached hydrogens (tertiary/aromatic N) is 6. The number of pyridine rings is 1. The molecule has 1 N–H and O–H groups in total. The highest BCUT2D eigenvalue weighted by molar-refractivity contribution is 5.99. The molecule has 2 aliphatic rings. The second-order valence-electron chi connectivity index (χ2n) is 8.94. The van der Waals surface area contributed by atoms with Crippen molar-refractivity contribution in [2.24, 2.45) is 5.16 Å². The summed E-state index contributed by atoms with van der Waals surface area (Å²) in [6.45, 7) is 10.3. The van der Waals surface area contributed by atoms with Crippen LogP contribution in [0.1, 0.15) is 26.3 Å². The van der Waals surface area contributed by atoms with Crippen molar-refractivity contribution in [3.05, 3.63) is 42.0 Å². The van der Waals surface area contributed by atoms with Gasteiger partial charge < -0.3 is 24.5 Å². The third-order valence-corrected chi connectivity index (χ3v) is 6.27. The van der Waals surface area contributed by atoms with Crippen molar-refractivity contribution in [1.29, 1.82) is 0 Å². The maximum absolute atomic E-state index is 9.17. The molecule has 0 saturated carbocycles. The molecule has 0 unspecified atom stereocenters. The maximum atomic E-state index is 9.17. The van der Waals surface area contributed by atoms with Gasteiger partial charge >= 0.3 is 0 Å². The Morgan fingerprint density at radius 2 is 1.76 bits per heavy atom. The molecule has 2 atom stereocenters. The summed E-state index contributed by atoms with van der Waals surface area (Å²) < 4.78 is 11.5. The lowest BCUT2D eigenvalue weighted by atomic mass is 10.0. The van der Waals surface area contributed by atoms with E-state index in [2.05, 4.69) is 34.9 Å². The van der Waals surface area contributed by atoms with Crippen LogP contribution in [0.2, 0.25) is 0 Å². The first-order valence-electron chi connectivity index (χ1n) is 11.7. The first-order chi connectivity index (χ1) is 16.5. The first kappa shape index (κ1) is 22.5. The summed E-state index contributed by atoms with van der Waals surface area (Å²) in [4.78, 5) is 19.3. The number of anilines is 2. The Bertz CT molecular complexity index is 1200. The normalized spacial score (nSPS) is 21.8. The van der Waals surface area contributed by atoms with Crippen LogP contribution >= 0.6 is 0 Å². The Hall–Kier alpha value is -3.30. The molecular formula is C25H30N6O3. The molecule has 0 aliphatic carbocycles. The van der Waals surface area contributed by atoms with Crippen molar-refractivity contribution in [2.75, 3.05) is 49.2 Å². The fourth-order valence-corrected chi connectivity index (χ4v) is 4.60. The fourth-order valence-electron chi connectivity index (χ4n) is 4.60. The molecule has 178 valence electrons. The van der Waals surface area contributed by atoms with E-state index in [9.17, 15) is 0 Å². The summed E-state index contributed by atoms with van der Waals surface area (Å²) in [5.41, 5.74) is 3.80. The van der Waals surface area contributed by atoms with Crippen LogP contribution < -0.4 is 9.80 Å². The van der Waals surface area contributed by atoms with Crippen LogP contribution in [-0.2, 0) is 9.47 Å². The van der Waals surface area contributed by atoms with Gasteiger partial charge in [-0.25, -0.2) is 4.98 Å². The van der Waals surface area contributed by atoms with Crippen LogP contribution in [0.3, 0.4) is 0 Å². The van der Waals surface area contributed by atoms with E-state index in [1.807, 2.05) is 30.3 Å². The van der Waals surface area contributed by atoms with Crippen LogP contribution in [0.25, 0.3) is 22.3 Å². The molecule has 2 aliphatic heterocycles. The van der Waals surface area contributed by atoms with Crippen LogP contribution in [0.15, 0.2) is 41.6 Å². The predicted molar refractivity (Wildman–Crippen MR) is 132 cm³/mol. The van der Waals surface area contributed by atoms with E-state index in [0.29, 0.717) is 30.5 Å². The second-order valence-corrected chi connectivity index (χ2v) is 8.94. The fraction of sp³-hybridized carbons (Fsp3) is 0.440. The van der Waals surface area contributed by atoms with Crippen molar-refractivity contribution in [3.8, 4) is 11.3 Å². The molecule has 9 heteroatoms. The van der Waals surface area contributed by atoms with E-state index >= 15 is 0 Å². The smallest absolute Gasteiger partial charge is 0.229 e. The summed E-state index contributed by atoms with van der Waals surface area (Å²) in [5.74, 6) is 1.57. The van der Waals surface area contributed by atoms with E-state index in [-0.39, 0.29) is 12.2 Å². The summed E-state index contributed by atoms with van der Waals surface area (Å²) in [6, 6.07) is 11.9. The molecule has 3 aromatic rings. The Balaban J connectivity index is 1.61. The summed E-state index contributed by atoms with van der Waals surface area (Å²) in [5, 5.41) is 13.4. The van der Waals surface area contributed by atoms with Gasteiger partial charge in [-0.1, -0.05) is 23.4 Å². The van der Waals surface area contributed by atoms with Gasteiger partial charge in [-0.2, -0.15) is 9.97 Å². The van der Waals surface area contributed by atoms with Gasteiger partial charge in [-0.05, 0) is 44.5 Å². The molecule has 0 bridgehead atoms. The molecule has 1 aromatic carbocycles. The van der Waals surface area contributed by atoms with Gasteiger partial charge in [0.25, 0.3) is 0 Å². The Kier molecular flexibility index (Phi) is 6.30. The SMILES string of the molecule is C/C(=N/O)c1cccc(-c2ccc3c(N4CCOCC4)nc(N4C[C@@H](C)O[C@@H](C)C4)nc3n2)c1. The molecule has 0 amide bonds. The van der Waals surface area contributed by atoms with Crippen molar-refractivity contribution in [3.63, 3.8) is 0 Å². The van der Waals surface area contributed by atoms with E-state index in [1.54, 1.807) is 6.92 Å². The highest BCUT2D eigenvalue weighted by Crippen LogP contribution is 2.30. The number of hydrogen-bond donors (Lipinski definition) is 1. The maximum Gasteiger partial charge on any atom is 0.229 e. The van der Waals surface area contributed by atoms with Crippen molar-refractivity contribution < 1.29 is 14.7 Å². The van der Waals surface area contributed by atoms with E-state index < -0.39 is 0 Å². The summed E-state index contributed by atoms with van der Waals surface area (Å²) in [7, 11) is 0. The molecule has 2 fully saturated rings. The van der Waals surface area contributed by atoms with Crippen LogP contribution in [0.4, 0.5) is 11.8 Å². The number of fused-ring (bicyclic) bond motifs is 1. The van der Waals surface area contributed by atoms with Gasteiger partial charge in [-0.15, -0.1) is 0 Å². The summed E-state index contributed by atoms with van der Waals surface area (Å²) in [6.07, 6.45) is 0.210. The van der Waals surface area contributed by atoms with Gasteiger partial charge in [0, 0.05) is 31.7 Å². The number of benzene rings is 1. The minimum atomic E-state index is 0.105. The number of aromatic nitrogens is 3. The van der Waals surface area contributed by atoms with Gasteiger partial charge in [0.2, 0.25) is 5.95 Å². The number of oxime groups is 1. The van der Waals surface area contributed by atoms with Crippen LogP contribution in [0.5, 0.6) is 0 Å². The lowest BCUT2D eigenvalue weighted by Crippen LogP contribution is -2.46.